The van der Waals surface area contributed by atoms with Crippen LogP contribution in [-0.2, 0) is 14.3 Å². The lowest BCUT2D eigenvalue weighted by Crippen LogP contribution is -2.63. The predicted molar refractivity (Wildman–Crippen MR) is 176 cm³/mol. The van der Waals surface area contributed by atoms with Crippen molar-refractivity contribution in [3.8, 4) is 6.07 Å². The number of ether oxygens (including phenoxy) is 1. The Morgan fingerprint density at radius 1 is 1.13 bits per heavy atom. The number of amides is 2. The molecule has 8 nitrogen and oxygen atoms in total. The van der Waals surface area contributed by atoms with Crippen molar-refractivity contribution >= 4 is 40.9 Å². The number of carbonyl (C=O) groups excluding carboxylic acids is 3. The van der Waals surface area contributed by atoms with Gasteiger partial charge in [-0.05, 0) is 85.4 Å². The number of benzene rings is 2. The van der Waals surface area contributed by atoms with Crippen molar-refractivity contribution in [2.75, 3.05) is 16.4 Å². The fraction of sp³-hybridized carbons (Fsp3) is 0.500. The van der Waals surface area contributed by atoms with E-state index < -0.39 is 29.1 Å². The van der Waals surface area contributed by atoms with Gasteiger partial charge in [-0.2, -0.15) is 5.26 Å². The highest BCUT2D eigenvalue weighted by Crippen LogP contribution is 2.68. The first-order valence-electron chi connectivity index (χ1n) is 15.7. The molecular weight excluding hydrogens is 586 g/mol. The number of carbonyl (C=O) groups is 3. The average molecular weight is 630 g/mol. The van der Waals surface area contributed by atoms with E-state index in [1.807, 2.05) is 19.1 Å². The summed E-state index contributed by atoms with van der Waals surface area (Å²) in [6.07, 6.45) is 4.00. The van der Waals surface area contributed by atoms with Crippen molar-refractivity contribution < 1.29 is 24.2 Å². The molecule has 0 heterocycles. The van der Waals surface area contributed by atoms with E-state index in [0.717, 1.165) is 24.2 Å². The summed E-state index contributed by atoms with van der Waals surface area (Å²) in [6, 6.07) is 15.4. The summed E-state index contributed by atoms with van der Waals surface area (Å²) in [5.41, 5.74) is 0.0596. The number of nitrogens with one attached hydrogen (secondary N) is 2. The zero-order chi connectivity index (χ0) is 32.6. The second kappa shape index (κ2) is 12.6. The summed E-state index contributed by atoms with van der Waals surface area (Å²) in [5, 5.41) is 26.2. The van der Waals surface area contributed by atoms with Gasteiger partial charge in [0.1, 0.15) is 11.9 Å². The zero-order valence-corrected chi connectivity index (χ0v) is 27.3. The number of rotatable bonds is 7. The molecule has 238 valence electrons. The molecule has 8 atom stereocenters. The van der Waals surface area contributed by atoms with Crippen LogP contribution in [0.1, 0.15) is 65.4 Å². The Balaban J connectivity index is 1.29. The summed E-state index contributed by atoms with van der Waals surface area (Å²) in [7, 11) is 0. The van der Waals surface area contributed by atoms with E-state index in [-0.39, 0.29) is 40.7 Å². The molecule has 3 aliphatic carbocycles. The fourth-order valence-electron chi connectivity index (χ4n) is 8.42. The third-order valence-electron chi connectivity index (χ3n) is 11.3. The molecule has 9 heteroatoms. The van der Waals surface area contributed by atoms with Crippen LogP contribution in [0.3, 0.4) is 0 Å². The molecule has 0 radical (unpaired) electrons. The molecule has 5 rings (SSSR count). The minimum atomic E-state index is -0.707. The molecule has 0 saturated heterocycles. The van der Waals surface area contributed by atoms with Gasteiger partial charge < -0.3 is 20.5 Å². The maximum atomic E-state index is 13.6. The van der Waals surface area contributed by atoms with Gasteiger partial charge in [-0.25, -0.2) is 4.79 Å². The first-order chi connectivity index (χ1) is 21.4. The summed E-state index contributed by atoms with van der Waals surface area (Å²) >= 11 is 1.31. The van der Waals surface area contributed by atoms with E-state index in [2.05, 4.69) is 38.0 Å². The number of aliphatic hydroxyl groups is 1. The molecule has 0 aliphatic heterocycles. The number of esters is 1. The van der Waals surface area contributed by atoms with Crippen LogP contribution in [0.4, 0.5) is 16.2 Å². The van der Waals surface area contributed by atoms with Gasteiger partial charge >= 0.3 is 12.0 Å². The molecule has 45 heavy (non-hydrogen) atoms. The monoisotopic (exact) mass is 629 g/mol. The van der Waals surface area contributed by atoms with Gasteiger partial charge in [-0.3, -0.25) is 9.59 Å². The summed E-state index contributed by atoms with van der Waals surface area (Å²) in [5.74, 6) is -0.285. The van der Waals surface area contributed by atoms with E-state index >= 15 is 0 Å². The fourth-order valence-corrected chi connectivity index (χ4v) is 9.16. The third-order valence-corrected chi connectivity index (χ3v) is 12.3. The number of Topliss-reactive ketones (excluding diaryl/α,β-unsaturated/α-hetero) is 1. The molecule has 0 spiro atoms. The molecular formula is C36H43N3O5S. The lowest BCUT2D eigenvalue weighted by atomic mass is 9.44. The number of hydrogen-bond acceptors (Lipinski definition) is 7. The van der Waals surface area contributed by atoms with Gasteiger partial charge in [0.05, 0.1) is 23.5 Å². The maximum Gasteiger partial charge on any atom is 0.323 e. The Morgan fingerprint density at radius 2 is 1.84 bits per heavy atom. The Kier molecular flexibility index (Phi) is 9.21. The first kappa shape index (κ1) is 32.8. The molecule has 3 fully saturated rings. The molecule has 3 N–H and O–H groups in total. The van der Waals surface area contributed by atoms with Gasteiger partial charge in [0.15, 0.2) is 0 Å². The zero-order valence-electron chi connectivity index (χ0n) is 26.5. The number of ketones is 1. The molecule has 3 saturated carbocycles. The normalized spacial score (nSPS) is 34.0. The topological polar surface area (TPSA) is 129 Å². The van der Waals surface area contributed by atoms with Crippen molar-refractivity contribution in [3.05, 3.63) is 66.7 Å². The number of anilines is 2. The van der Waals surface area contributed by atoms with E-state index in [4.69, 9.17) is 10.00 Å². The summed E-state index contributed by atoms with van der Waals surface area (Å²) < 4.78 is 6.35. The van der Waals surface area contributed by atoms with E-state index in [1.54, 1.807) is 48.5 Å². The Hall–Kier alpha value is -3.61. The lowest BCUT2D eigenvalue weighted by Gasteiger charge is -2.61. The standard InChI is InChI=1S/C36H43N3O5S/c1-6-34(4)19-29(35(5)22(2)14-16-36(23(3)32(34)42)17-15-28(40)31(35)36)44-30(41)21-45-27-9-7-8-26(18-27)39-33(43)38-25-12-10-24(20-37)11-13-25/h6-13,18,22-23,29,31-32,42H,1,14-17,19,21H2,2-5H3,(H2,38,39,43)/t22-,23+,29-,31+,32+,34-,35+,36+/m1/s1. The summed E-state index contributed by atoms with van der Waals surface area (Å²) in [4.78, 5) is 40.4. The molecule has 0 aromatic heterocycles. The van der Waals surface area contributed by atoms with Crippen LogP contribution >= 0.6 is 11.8 Å². The number of nitrogens with zero attached hydrogens (tertiary/aromatic N) is 1. The molecule has 2 aromatic rings. The van der Waals surface area contributed by atoms with Crippen LogP contribution in [0.15, 0.2) is 66.1 Å². The SMILES string of the molecule is C=C[C@]1(C)C[C@@H](OC(=O)CSc2cccc(NC(=O)Nc3ccc(C#N)cc3)c2)[C@]2(C)[C@H](C)CC[C@]3(CCC(=O)[C@H]32)[C@@H](C)[C@@H]1O. The quantitative estimate of drug-likeness (QED) is 0.168. The third kappa shape index (κ3) is 6.03. The Morgan fingerprint density at radius 3 is 2.53 bits per heavy atom. The second-order valence-electron chi connectivity index (χ2n) is 13.6. The minimum absolute atomic E-state index is 0.0510. The van der Waals surface area contributed by atoms with Crippen molar-refractivity contribution in [3.63, 3.8) is 0 Å². The second-order valence-corrected chi connectivity index (χ2v) is 14.7. The number of hydrogen-bond donors (Lipinski definition) is 3. The highest BCUT2D eigenvalue weighted by atomic mass is 32.2. The van der Waals surface area contributed by atoms with Gasteiger partial charge in [0, 0.05) is 39.4 Å². The van der Waals surface area contributed by atoms with Crippen molar-refractivity contribution in [1.82, 2.24) is 0 Å². The molecule has 0 unspecified atom stereocenters. The van der Waals surface area contributed by atoms with Crippen LogP contribution < -0.4 is 10.6 Å². The Labute approximate surface area is 270 Å². The molecule has 2 bridgehead atoms. The van der Waals surface area contributed by atoms with Gasteiger partial charge in [-0.15, -0.1) is 18.3 Å². The molecule has 2 amide bonds. The van der Waals surface area contributed by atoms with Crippen LogP contribution in [0.5, 0.6) is 0 Å². The van der Waals surface area contributed by atoms with E-state index in [0.29, 0.717) is 29.8 Å². The van der Waals surface area contributed by atoms with E-state index in [9.17, 15) is 19.5 Å². The van der Waals surface area contributed by atoms with Gasteiger partial charge in [0.2, 0.25) is 0 Å². The van der Waals surface area contributed by atoms with Crippen molar-refractivity contribution in [2.24, 2.45) is 34.0 Å². The minimum Gasteiger partial charge on any atom is -0.461 e. The number of aliphatic hydroxyl groups excluding tert-OH is 1. The van der Waals surface area contributed by atoms with Crippen LogP contribution in [0.25, 0.3) is 0 Å². The first-order valence-corrected chi connectivity index (χ1v) is 16.7. The molecule has 2 aromatic carbocycles. The van der Waals surface area contributed by atoms with Gasteiger partial charge in [-0.1, -0.05) is 39.8 Å². The van der Waals surface area contributed by atoms with Crippen molar-refractivity contribution in [1.29, 1.82) is 5.26 Å². The van der Waals surface area contributed by atoms with Crippen LogP contribution in [-0.4, -0.2) is 40.9 Å². The largest absolute Gasteiger partial charge is 0.461 e. The van der Waals surface area contributed by atoms with E-state index in [1.165, 1.54) is 11.8 Å². The predicted octanol–water partition coefficient (Wildman–Crippen LogP) is 7.20. The highest BCUT2D eigenvalue weighted by Gasteiger charge is 2.68. The Bertz CT molecular complexity index is 1520. The number of thioether (sulfide) groups is 1. The summed E-state index contributed by atoms with van der Waals surface area (Å²) in [6.45, 7) is 12.5. The van der Waals surface area contributed by atoms with Crippen LogP contribution in [0, 0.1) is 45.3 Å². The highest BCUT2D eigenvalue weighted by molar-refractivity contribution is 8.00. The number of nitriles is 1. The van der Waals surface area contributed by atoms with Crippen molar-refractivity contribution in [2.45, 2.75) is 76.9 Å². The van der Waals surface area contributed by atoms with Gasteiger partial charge in [0.25, 0.3) is 0 Å². The number of urea groups is 1. The molecule has 3 aliphatic rings. The maximum absolute atomic E-state index is 13.6. The van der Waals surface area contributed by atoms with Crippen LogP contribution in [0.2, 0.25) is 0 Å². The smallest absolute Gasteiger partial charge is 0.323 e. The lowest BCUT2D eigenvalue weighted by molar-refractivity contribution is -0.205. The average Bonchev–Trinajstić information content (AvgIpc) is 3.38.